The third kappa shape index (κ3) is 3.41. The summed E-state index contributed by atoms with van der Waals surface area (Å²) in [5.74, 6) is 3.50. The number of likely N-dealkylation sites (tertiary alicyclic amines) is 1. The second-order valence-corrected chi connectivity index (χ2v) is 7.23. The van der Waals surface area contributed by atoms with E-state index in [1.54, 1.807) is 7.11 Å². The Labute approximate surface area is 149 Å². The van der Waals surface area contributed by atoms with Gasteiger partial charge in [-0.2, -0.15) is 0 Å². The van der Waals surface area contributed by atoms with Crippen LogP contribution in [0.25, 0.3) is 0 Å². The van der Waals surface area contributed by atoms with Gasteiger partial charge in [0.15, 0.2) is 0 Å². The average molecular weight is 341 g/mol. The average Bonchev–Trinajstić information content (AvgIpc) is 3.09. The lowest BCUT2D eigenvalue weighted by Crippen LogP contribution is -2.29. The highest BCUT2D eigenvalue weighted by molar-refractivity contribution is 5.31. The molecular formula is C19H27N5O. The van der Waals surface area contributed by atoms with Gasteiger partial charge in [-0.25, -0.2) is 0 Å². The van der Waals surface area contributed by atoms with Crippen LogP contribution in [-0.2, 0) is 19.5 Å². The number of aryl methyl sites for hydroxylation is 1. The van der Waals surface area contributed by atoms with E-state index in [4.69, 9.17) is 10.5 Å². The summed E-state index contributed by atoms with van der Waals surface area (Å²) >= 11 is 0. The van der Waals surface area contributed by atoms with Gasteiger partial charge in [-0.3, -0.25) is 4.90 Å². The highest BCUT2D eigenvalue weighted by Gasteiger charge is 2.32. The number of hydrogen-bond acceptors (Lipinski definition) is 5. The van der Waals surface area contributed by atoms with Gasteiger partial charge in [-0.15, -0.1) is 10.2 Å². The molecule has 6 nitrogen and oxygen atoms in total. The minimum Gasteiger partial charge on any atom is -0.497 e. The monoisotopic (exact) mass is 341 g/mol. The lowest BCUT2D eigenvalue weighted by molar-refractivity contribution is 0.308. The molecule has 1 saturated heterocycles. The molecule has 6 heteroatoms. The van der Waals surface area contributed by atoms with E-state index in [1.165, 1.54) is 24.8 Å². The maximum absolute atomic E-state index is 6.45. The second kappa shape index (κ2) is 7.14. The van der Waals surface area contributed by atoms with E-state index >= 15 is 0 Å². The van der Waals surface area contributed by atoms with Gasteiger partial charge >= 0.3 is 0 Å². The number of benzene rings is 1. The van der Waals surface area contributed by atoms with Crippen molar-refractivity contribution in [3.63, 3.8) is 0 Å². The minimum absolute atomic E-state index is 0.153. The zero-order chi connectivity index (χ0) is 17.2. The van der Waals surface area contributed by atoms with Crippen molar-refractivity contribution in [1.29, 1.82) is 0 Å². The summed E-state index contributed by atoms with van der Waals surface area (Å²) in [7, 11) is 1.69. The molecule has 1 aromatic carbocycles. The molecule has 0 amide bonds. The first-order valence-electron chi connectivity index (χ1n) is 9.27. The van der Waals surface area contributed by atoms with Crippen LogP contribution in [0.4, 0.5) is 0 Å². The molecule has 2 aromatic rings. The molecule has 0 spiro atoms. The number of nitrogens with two attached hydrogens (primary N) is 1. The van der Waals surface area contributed by atoms with Crippen LogP contribution in [0.5, 0.6) is 5.75 Å². The summed E-state index contributed by atoms with van der Waals surface area (Å²) in [6.07, 6.45) is 4.80. The Morgan fingerprint density at radius 3 is 2.76 bits per heavy atom. The number of nitrogens with zero attached hydrogens (tertiary/aromatic N) is 4. The molecule has 0 unspecified atom stereocenters. The molecule has 2 atom stereocenters. The van der Waals surface area contributed by atoms with Crippen molar-refractivity contribution in [1.82, 2.24) is 19.7 Å². The topological polar surface area (TPSA) is 69.2 Å². The number of hydrogen-bond donors (Lipinski definition) is 1. The molecule has 0 aliphatic carbocycles. The Morgan fingerprint density at radius 2 is 1.96 bits per heavy atom. The van der Waals surface area contributed by atoms with Crippen molar-refractivity contribution < 1.29 is 4.74 Å². The Bertz CT molecular complexity index is 711. The lowest BCUT2D eigenvalue weighted by Gasteiger charge is -2.16. The zero-order valence-electron chi connectivity index (χ0n) is 14.9. The molecule has 0 bridgehead atoms. The first kappa shape index (κ1) is 16.5. The van der Waals surface area contributed by atoms with Gasteiger partial charge in [0.2, 0.25) is 0 Å². The lowest BCUT2D eigenvalue weighted by atomic mass is 9.95. The largest absolute Gasteiger partial charge is 0.497 e. The maximum atomic E-state index is 6.45. The van der Waals surface area contributed by atoms with Crippen LogP contribution in [0.1, 0.15) is 42.4 Å². The van der Waals surface area contributed by atoms with Crippen LogP contribution in [0.3, 0.4) is 0 Å². The van der Waals surface area contributed by atoms with Crippen LogP contribution >= 0.6 is 0 Å². The number of methoxy groups -OCH3 is 1. The quantitative estimate of drug-likeness (QED) is 0.920. The van der Waals surface area contributed by atoms with Crippen molar-refractivity contribution in [3.05, 3.63) is 41.5 Å². The van der Waals surface area contributed by atoms with Gasteiger partial charge < -0.3 is 15.0 Å². The maximum Gasteiger partial charge on any atom is 0.147 e. The molecule has 25 heavy (non-hydrogen) atoms. The normalized spacial score (nSPS) is 24.1. The van der Waals surface area contributed by atoms with E-state index in [0.717, 1.165) is 50.0 Å². The third-order valence-electron chi connectivity index (χ3n) is 5.54. The number of rotatable bonds is 4. The molecule has 2 aliphatic rings. The van der Waals surface area contributed by atoms with Gasteiger partial charge in [0.1, 0.15) is 17.4 Å². The van der Waals surface area contributed by atoms with E-state index in [1.807, 2.05) is 12.1 Å². The molecule has 0 radical (unpaired) electrons. The van der Waals surface area contributed by atoms with E-state index < -0.39 is 0 Å². The highest BCUT2D eigenvalue weighted by Crippen LogP contribution is 2.29. The number of fused-ring (bicyclic) bond motifs is 1. The highest BCUT2D eigenvalue weighted by atomic mass is 16.5. The van der Waals surface area contributed by atoms with Crippen LogP contribution in [-0.4, -0.2) is 45.9 Å². The van der Waals surface area contributed by atoms with Crippen molar-refractivity contribution in [2.24, 2.45) is 5.73 Å². The zero-order valence-corrected chi connectivity index (χ0v) is 14.9. The first-order valence-corrected chi connectivity index (χ1v) is 9.27. The summed E-state index contributed by atoms with van der Waals surface area (Å²) < 4.78 is 7.59. The summed E-state index contributed by atoms with van der Waals surface area (Å²) in [5.41, 5.74) is 7.74. The molecule has 2 aliphatic heterocycles. The van der Waals surface area contributed by atoms with Crippen molar-refractivity contribution >= 4 is 0 Å². The summed E-state index contributed by atoms with van der Waals surface area (Å²) in [4.78, 5) is 2.42. The fourth-order valence-corrected chi connectivity index (χ4v) is 4.11. The first-order chi connectivity index (χ1) is 12.2. The fraction of sp³-hybridized carbons (Fsp3) is 0.579. The van der Waals surface area contributed by atoms with Gasteiger partial charge in [0.05, 0.1) is 13.7 Å². The third-order valence-corrected chi connectivity index (χ3v) is 5.54. The Balaban J connectivity index is 1.45. The van der Waals surface area contributed by atoms with Crippen molar-refractivity contribution in [2.45, 2.75) is 50.7 Å². The van der Waals surface area contributed by atoms with Crippen molar-refractivity contribution in [3.8, 4) is 5.75 Å². The molecule has 2 N–H and O–H groups in total. The molecule has 4 rings (SSSR count). The summed E-state index contributed by atoms with van der Waals surface area (Å²) in [5, 5.41) is 8.88. The molecule has 3 heterocycles. The summed E-state index contributed by atoms with van der Waals surface area (Å²) in [6.45, 7) is 3.77. The molecule has 1 fully saturated rings. The molecule has 1 aromatic heterocycles. The van der Waals surface area contributed by atoms with Crippen molar-refractivity contribution in [2.75, 3.05) is 20.2 Å². The number of ether oxygens (including phenoxy) is 1. The van der Waals surface area contributed by atoms with E-state index in [-0.39, 0.29) is 6.04 Å². The Morgan fingerprint density at radius 1 is 1.12 bits per heavy atom. The standard InChI is InChI=1S/C19H27N5O/c1-25-15-8-6-14(7-9-15)16-11-23(12-17(16)20)13-19-22-21-18-5-3-2-4-10-24(18)19/h6-9,16-17H,2-5,10-13,20H2,1H3/t16-,17+/m0/s1. The van der Waals surface area contributed by atoms with Crippen LogP contribution in [0, 0.1) is 0 Å². The summed E-state index contributed by atoms with van der Waals surface area (Å²) in [6, 6.07) is 8.46. The predicted octanol–water partition coefficient (Wildman–Crippen LogP) is 1.94. The second-order valence-electron chi connectivity index (χ2n) is 7.23. The van der Waals surface area contributed by atoms with Gasteiger partial charge in [-0.1, -0.05) is 18.6 Å². The predicted molar refractivity (Wildman–Crippen MR) is 96.6 cm³/mol. The molecule has 0 saturated carbocycles. The van der Waals surface area contributed by atoms with Gasteiger partial charge in [0.25, 0.3) is 0 Å². The van der Waals surface area contributed by atoms with Gasteiger partial charge in [-0.05, 0) is 30.5 Å². The Hall–Kier alpha value is -1.92. The van der Waals surface area contributed by atoms with Gasteiger partial charge in [0, 0.05) is 38.0 Å². The fourth-order valence-electron chi connectivity index (χ4n) is 4.11. The molecule has 134 valence electrons. The van der Waals surface area contributed by atoms with E-state index in [9.17, 15) is 0 Å². The van der Waals surface area contributed by atoms with Crippen LogP contribution in [0.2, 0.25) is 0 Å². The van der Waals surface area contributed by atoms with Crippen LogP contribution in [0.15, 0.2) is 24.3 Å². The number of aromatic nitrogens is 3. The Kier molecular flexibility index (Phi) is 4.72. The molecular weight excluding hydrogens is 314 g/mol. The van der Waals surface area contributed by atoms with Crippen LogP contribution < -0.4 is 10.5 Å². The van der Waals surface area contributed by atoms with E-state index in [0.29, 0.717) is 5.92 Å². The van der Waals surface area contributed by atoms with E-state index in [2.05, 4.69) is 31.8 Å². The SMILES string of the molecule is COc1ccc([C@@H]2CN(Cc3nnc4n3CCCCC4)C[C@H]2N)cc1. The minimum atomic E-state index is 0.153. The smallest absolute Gasteiger partial charge is 0.147 e.